The molecule has 3 aliphatic rings. The van der Waals surface area contributed by atoms with E-state index in [1.54, 1.807) is 37.8 Å². The van der Waals surface area contributed by atoms with E-state index in [0.29, 0.717) is 37.2 Å². The van der Waals surface area contributed by atoms with Gasteiger partial charge in [0.05, 0.1) is 11.1 Å². The summed E-state index contributed by atoms with van der Waals surface area (Å²) in [6, 6.07) is 4.72. The van der Waals surface area contributed by atoms with E-state index in [2.05, 4.69) is 5.32 Å². The largest absolute Gasteiger partial charge is 0.355 e. The van der Waals surface area contributed by atoms with Gasteiger partial charge < -0.3 is 10.2 Å². The normalized spacial score (nSPS) is 24.8. The number of rotatable bonds is 1. The van der Waals surface area contributed by atoms with E-state index in [1.807, 2.05) is 0 Å². The number of carbonyl (C=O) groups excluding carboxylic acids is 4. The Balaban J connectivity index is 1.58. The summed E-state index contributed by atoms with van der Waals surface area (Å²) in [5.41, 5.74) is 0.237. The Kier molecular flexibility index (Phi) is 3.70. The second-order valence-corrected chi connectivity index (χ2v) is 8.81. The Morgan fingerprint density at radius 1 is 1.11 bits per heavy atom. The maximum Gasteiger partial charge on any atom is 0.262 e. The minimum Gasteiger partial charge on any atom is -0.355 e. The van der Waals surface area contributed by atoms with Crippen LogP contribution >= 0.6 is 0 Å². The van der Waals surface area contributed by atoms with Crippen LogP contribution in [0.2, 0.25) is 0 Å². The summed E-state index contributed by atoms with van der Waals surface area (Å²) >= 11 is 0. The van der Waals surface area contributed by atoms with Crippen molar-refractivity contribution in [3.63, 3.8) is 0 Å². The minimum atomic E-state index is -0.624. The van der Waals surface area contributed by atoms with Crippen molar-refractivity contribution in [1.82, 2.24) is 15.1 Å². The number of benzene rings is 1. The molecule has 142 valence electrons. The molecule has 1 unspecified atom stereocenters. The van der Waals surface area contributed by atoms with Gasteiger partial charge in [-0.05, 0) is 45.4 Å². The highest BCUT2D eigenvalue weighted by atomic mass is 16.2. The van der Waals surface area contributed by atoms with Crippen molar-refractivity contribution in [3.8, 4) is 0 Å². The molecular weight excluding hydrogens is 346 g/mol. The number of imide groups is 1. The van der Waals surface area contributed by atoms with Crippen LogP contribution < -0.4 is 5.32 Å². The molecule has 0 saturated carbocycles. The second kappa shape index (κ2) is 5.65. The quantitative estimate of drug-likeness (QED) is 0.759. The van der Waals surface area contributed by atoms with Crippen molar-refractivity contribution in [2.75, 3.05) is 19.6 Å². The van der Waals surface area contributed by atoms with Crippen LogP contribution in [0.3, 0.4) is 0 Å². The average molecular weight is 369 g/mol. The fourth-order valence-corrected chi connectivity index (χ4v) is 4.31. The van der Waals surface area contributed by atoms with Crippen LogP contribution in [0.5, 0.6) is 0 Å². The van der Waals surface area contributed by atoms with Crippen LogP contribution in [-0.2, 0) is 4.79 Å². The van der Waals surface area contributed by atoms with E-state index in [-0.39, 0.29) is 34.6 Å². The maximum atomic E-state index is 12.9. The van der Waals surface area contributed by atoms with Crippen LogP contribution in [0.15, 0.2) is 18.2 Å². The Labute approximate surface area is 157 Å². The SMILES string of the molecule is CC(C)(C)N1C(=O)c2ccc(C(=O)N3CCC4(CNC(=O)C4)C3)cc2C1=O. The third kappa shape index (κ3) is 2.72. The van der Waals surface area contributed by atoms with Crippen molar-refractivity contribution in [2.24, 2.45) is 5.41 Å². The molecule has 3 aliphatic heterocycles. The van der Waals surface area contributed by atoms with Gasteiger partial charge >= 0.3 is 0 Å². The number of nitrogens with zero attached hydrogens (tertiary/aromatic N) is 2. The molecule has 2 fully saturated rings. The lowest BCUT2D eigenvalue weighted by Crippen LogP contribution is -2.45. The smallest absolute Gasteiger partial charge is 0.262 e. The number of hydrogen-bond acceptors (Lipinski definition) is 4. The molecule has 1 aromatic carbocycles. The molecule has 1 spiro atoms. The molecule has 7 heteroatoms. The molecule has 4 amide bonds. The molecule has 1 atom stereocenters. The number of likely N-dealkylation sites (tertiary alicyclic amines) is 1. The van der Waals surface area contributed by atoms with Gasteiger partial charge in [0, 0.05) is 42.6 Å². The summed E-state index contributed by atoms with van der Waals surface area (Å²) in [6.45, 7) is 7.14. The standard InChI is InChI=1S/C20H23N3O4/c1-19(2,3)23-17(26)13-5-4-12(8-14(13)18(23)27)16(25)22-7-6-20(11-22)9-15(24)21-10-20/h4-5,8H,6-7,9-11H2,1-3H3,(H,21,24). The highest BCUT2D eigenvalue weighted by Crippen LogP contribution is 2.37. The number of hydrogen-bond donors (Lipinski definition) is 1. The predicted octanol–water partition coefficient (Wildman–Crippen LogP) is 1.43. The van der Waals surface area contributed by atoms with E-state index >= 15 is 0 Å². The topological polar surface area (TPSA) is 86.8 Å². The van der Waals surface area contributed by atoms with E-state index in [4.69, 9.17) is 0 Å². The van der Waals surface area contributed by atoms with Gasteiger partial charge in [0.15, 0.2) is 0 Å². The predicted molar refractivity (Wildman–Crippen MR) is 97.3 cm³/mol. The average Bonchev–Trinajstić information content (AvgIpc) is 3.24. The third-order valence-corrected chi connectivity index (χ3v) is 5.73. The minimum absolute atomic E-state index is 0.0354. The van der Waals surface area contributed by atoms with Crippen LogP contribution in [0.1, 0.15) is 64.7 Å². The molecule has 4 rings (SSSR count). The van der Waals surface area contributed by atoms with E-state index in [1.165, 1.54) is 11.0 Å². The van der Waals surface area contributed by atoms with E-state index < -0.39 is 5.54 Å². The van der Waals surface area contributed by atoms with Gasteiger partial charge in [-0.1, -0.05) is 0 Å². The lowest BCUT2D eigenvalue weighted by atomic mass is 9.86. The lowest BCUT2D eigenvalue weighted by Gasteiger charge is -2.29. The fourth-order valence-electron chi connectivity index (χ4n) is 4.31. The number of nitrogens with one attached hydrogen (secondary N) is 1. The van der Waals surface area contributed by atoms with Crippen molar-refractivity contribution in [2.45, 2.75) is 39.2 Å². The fraction of sp³-hybridized carbons (Fsp3) is 0.500. The highest BCUT2D eigenvalue weighted by Gasteiger charge is 2.46. The Morgan fingerprint density at radius 3 is 2.44 bits per heavy atom. The molecule has 0 aromatic heterocycles. The molecule has 0 radical (unpaired) electrons. The summed E-state index contributed by atoms with van der Waals surface area (Å²) in [6.07, 6.45) is 1.24. The zero-order valence-corrected chi connectivity index (χ0v) is 15.8. The Bertz CT molecular complexity index is 886. The third-order valence-electron chi connectivity index (χ3n) is 5.73. The van der Waals surface area contributed by atoms with Gasteiger partial charge in [-0.3, -0.25) is 24.1 Å². The monoisotopic (exact) mass is 369 g/mol. The van der Waals surface area contributed by atoms with Crippen molar-refractivity contribution >= 4 is 23.6 Å². The molecule has 1 N–H and O–H groups in total. The van der Waals surface area contributed by atoms with Crippen molar-refractivity contribution < 1.29 is 19.2 Å². The summed E-state index contributed by atoms with van der Waals surface area (Å²) < 4.78 is 0. The molecule has 27 heavy (non-hydrogen) atoms. The molecule has 7 nitrogen and oxygen atoms in total. The summed E-state index contributed by atoms with van der Waals surface area (Å²) in [5.74, 6) is -0.811. The number of amides is 4. The van der Waals surface area contributed by atoms with Crippen LogP contribution in [-0.4, -0.2) is 58.6 Å². The molecule has 2 saturated heterocycles. The summed E-state index contributed by atoms with van der Waals surface area (Å²) in [4.78, 5) is 52.8. The first kappa shape index (κ1) is 17.7. The summed E-state index contributed by atoms with van der Waals surface area (Å²) in [7, 11) is 0. The van der Waals surface area contributed by atoms with Crippen LogP contribution in [0.4, 0.5) is 0 Å². The van der Waals surface area contributed by atoms with Gasteiger partial charge in [-0.15, -0.1) is 0 Å². The summed E-state index contributed by atoms with van der Waals surface area (Å²) in [5, 5.41) is 2.85. The van der Waals surface area contributed by atoms with E-state index in [9.17, 15) is 19.2 Å². The molecular formula is C20H23N3O4. The van der Waals surface area contributed by atoms with Gasteiger partial charge in [0.1, 0.15) is 0 Å². The molecule has 0 aliphatic carbocycles. The zero-order valence-electron chi connectivity index (χ0n) is 15.8. The van der Waals surface area contributed by atoms with Gasteiger partial charge in [-0.25, -0.2) is 0 Å². The first-order valence-electron chi connectivity index (χ1n) is 9.20. The molecule has 0 bridgehead atoms. The number of carbonyl (C=O) groups is 4. The molecule has 3 heterocycles. The van der Waals surface area contributed by atoms with Crippen LogP contribution in [0, 0.1) is 5.41 Å². The van der Waals surface area contributed by atoms with Crippen LogP contribution in [0.25, 0.3) is 0 Å². The van der Waals surface area contributed by atoms with Gasteiger partial charge in [0.25, 0.3) is 17.7 Å². The first-order chi connectivity index (χ1) is 12.6. The van der Waals surface area contributed by atoms with Gasteiger partial charge in [-0.2, -0.15) is 0 Å². The van der Waals surface area contributed by atoms with Crippen molar-refractivity contribution in [3.05, 3.63) is 34.9 Å². The second-order valence-electron chi connectivity index (χ2n) is 8.81. The van der Waals surface area contributed by atoms with E-state index in [0.717, 1.165) is 6.42 Å². The molecule has 1 aromatic rings. The maximum absolute atomic E-state index is 12.9. The number of fused-ring (bicyclic) bond motifs is 1. The highest BCUT2D eigenvalue weighted by molar-refractivity contribution is 6.22. The lowest BCUT2D eigenvalue weighted by molar-refractivity contribution is -0.119. The van der Waals surface area contributed by atoms with Crippen molar-refractivity contribution in [1.29, 1.82) is 0 Å². The van der Waals surface area contributed by atoms with Gasteiger partial charge in [0.2, 0.25) is 5.91 Å². The Morgan fingerprint density at radius 2 is 1.81 bits per heavy atom. The first-order valence-corrected chi connectivity index (χ1v) is 9.20. The Hall–Kier alpha value is -2.70. The zero-order chi connectivity index (χ0) is 19.6.